The van der Waals surface area contributed by atoms with Gasteiger partial charge in [-0.2, -0.15) is 4.98 Å². The molecule has 0 amide bonds. The summed E-state index contributed by atoms with van der Waals surface area (Å²) in [6.07, 6.45) is 0. The highest BCUT2D eigenvalue weighted by atomic mass is 79.9. The Balaban J connectivity index is 2.55. The Bertz CT molecular complexity index is 625. The first-order valence-corrected chi connectivity index (χ1v) is 5.98. The molecule has 0 saturated heterocycles. The lowest BCUT2D eigenvalue weighted by atomic mass is 10.1. The molecule has 0 fully saturated rings. The third-order valence-electron chi connectivity index (χ3n) is 2.34. The molecule has 18 heavy (non-hydrogen) atoms. The molecule has 2 N–H and O–H groups in total. The molecule has 0 radical (unpaired) electrons. The zero-order chi connectivity index (χ0) is 13.1. The molecular weight excluding hydrogens is 300 g/mol. The van der Waals surface area contributed by atoms with Gasteiger partial charge in [-0.25, -0.2) is 0 Å². The van der Waals surface area contributed by atoms with E-state index in [1.54, 1.807) is 18.2 Å². The Hall–Kier alpha value is -1.66. The minimum absolute atomic E-state index is 0.140. The minimum Gasteiger partial charge on any atom is -0.493 e. The van der Waals surface area contributed by atoms with Crippen LogP contribution in [0.3, 0.4) is 0 Å². The molecular formula is C12H11BrN2O3. The molecule has 0 unspecified atom stereocenters. The number of aromatic amines is 1. The van der Waals surface area contributed by atoms with Crippen LogP contribution in [0, 0.1) is 0 Å². The third kappa shape index (κ3) is 2.60. The van der Waals surface area contributed by atoms with E-state index in [1.807, 2.05) is 6.07 Å². The van der Waals surface area contributed by atoms with Crippen molar-refractivity contribution >= 4 is 15.9 Å². The molecule has 0 bridgehead atoms. The van der Waals surface area contributed by atoms with Gasteiger partial charge in [-0.15, -0.1) is 0 Å². The highest BCUT2D eigenvalue weighted by Gasteiger charge is 2.13. The minimum atomic E-state index is -0.396. The average Bonchev–Trinajstić information content (AvgIpc) is 2.28. The van der Waals surface area contributed by atoms with E-state index >= 15 is 0 Å². The molecule has 2 aromatic rings. The number of aromatic hydroxyl groups is 1. The van der Waals surface area contributed by atoms with Crippen LogP contribution in [0.5, 0.6) is 5.88 Å². The molecule has 1 heterocycles. The number of halogens is 1. The molecule has 0 spiro atoms. The summed E-state index contributed by atoms with van der Waals surface area (Å²) in [6, 6.07) is 7.08. The third-order valence-corrected chi connectivity index (χ3v) is 2.84. The topological polar surface area (TPSA) is 75.2 Å². The molecule has 6 heteroatoms. The highest BCUT2D eigenvalue weighted by molar-refractivity contribution is 9.10. The van der Waals surface area contributed by atoms with Gasteiger partial charge in [0.15, 0.2) is 0 Å². The first-order chi connectivity index (χ1) is 8.61. The van der Waals surface area contributed by atoms with E-state index in [0.29, 0.717) is 11.4 Å². The maximum atomic E-state index is 11.9. The van der Waals surface area contributed by atoms with Crippen LogP contribution in [0.25, 0.3) is 11.1 Å². The van der Waals surface area contributed by atoms with Crippen molar-refractivity contribution in [3.63, 3.8) is 0 Å². The number of H-pyrrole nitrogens is 1. The van der Waals surface area contributed by atoms with E-state index in [-0.39, 0.29) is 18.1 Å². The molecule has 0 aliphatic rings. The van der Waals surface area contributed by atoms with Crippen LogP contribution < -0.4 is 5.56 Å². The van der Waals surface area contributed by atoms with Crippen LogP contribution in [-0.4, -0.2) is 22.2 Å². The van der Waals surface area contributed by atoms with Crippen LogP contribution in [-0.2, 0) is 11.3 Å². The number of nitrogens with one attached hydrogen (secondary N) is 1. The fraction of sp³-hybridized carbons (Fsp3) is 0.167. The van der Waals surface area contributed by atoms with E-state index in [4.69, 9.17) is 4.74 Å². The Morgan fingerprint density at radius 1 is 1.50 bits per heavy atom. The summed E-state index contributed by atoms with van der Waals surface area (Å²) in [6.45, 7) is 0.140. The predicted molar refractivity (Wildman–Crippen MR) is 70.4 cm³/mol. The molecule has 0 aliphatic carbocycles. The molecule has 94 valence electrons. The maximum Gasteiger partial charge on any atom is 0.262 e. The highest BCUT2D eigenvalue weighted by Crippen LogP contribution is 2.25. The summed E-state index contributed by atoms with van der Waals surface area (Å²) in [5, 5.41) is 9.84. The van der Waals surface area contributed by atoms with Gasteiger partial charge in [-0.05, 0) is 17.7 Å². The van der Waals surface area contributed by atoms with Crippen LogP contribution >= 0.6 is 15.9 Å². The summed E-state index contributed by atoms with van der Waals surface area (Å²) in [4.78, 5) is 18.4. The van der Waals surface area contributed by atoms with Gasteiger partial charge in [0.1, 0.15) is 18.0 Å². The van der Waals surface area contributed by atoms with Gasteiger partial charge >= 0.3 is 0 Å². The summed E-state index contributed by atoms with van der Waals surface area (Å²) in [5.74, 6) is -0.0114. The number of ether oxygens (including phenoxy) is 1. The standard InChI is InChI=1S/C12H11BrN2O3/c1-18-6-9-14-11(16)10(12(17)15-9)7-3-2-4-8(13)5-7/h2-5H,6H2,1H3,(H2,14,15,16,17). The number of rotatable bonds is 3. The summed E-state index contributed by atoms with van der Waals surface area (Å²) >= 11 is 3.31. The zero-order valence-corrected chi connectivity index (χ0v) is 11.2. The number of hydrogen-bond acceptors (Lipinski definition) is 4. The van der Waals surface area contributed by atoms with E-state index < -0.39 is 5.56 Å². The van der Waals surface area contributed by atoms with Crippen LogP contribution in [0.15, 0.2) is 33.5 Å². The maximum absolute atomic E-state index is 11.9. The molecule has 0 aliphatic heterocycles. The Morgan fingerprint density at radius 2 is 2.28 bits per heavy atom. The lowest BCUT2D eigenvalue weighted by Crippen LogP contribution is -2.14. The van der Waals surface area contributed by atoms with Crippen molar-refractivity contribution in [1.29, 1.82) is 0 Å². The second kappa shape index (κ2) is 5.32. The van der Waals surface area contributed by atoms with Crippen LogP contribution in [0.1, 0.15) is 5.82 Å². The average molecular weight is 311 g/mol. The fourth-order valence-corrected chi connectivity index (χ4v) is 2.02. The summed E-state index contributed by atoms with van der Waals surface area (Å²) < 4.78 is 5.67. The predicted octanol–water partition coefficient (Wildman–Crippen LogP) is 2.05. The SMILES string of the molecule is COCc1nc(O)c(-c2cccc(Br)c2)c(=O)[nH]1. The van der Waals surface area contributed by atoms with Crippen molar-refractivity contribution in [2.45, 2.75) is 6.61 Å². The lowest BCUT2D eigenvalue weighted by molar-refractivity contribution is 0.176. The number of nitrogens with zero attached hydrogens (tertiary/aromatic N) is 1. The fourth-order valence-electron chi connectivity index (χ4n) is 1.62. The van der Waals surface area contributed by atoms with Gasteiger partial charge in [0.2, 0.25) is 5.88 Å². The van der Waals surface area contributed by atoms with Gasteiger partial charge in [0.25, 0.3) is 5.56 Å². The summed E-state index contributed by atoms with van der Waals surface area (Å²) in [7, 11) is 1.49. The number of aromatic nitrogens is 2. The van der Waals surface area contributed by atoms with Gasteiger partial charge in [0, 0.05) is 11.6 Å². The quantitative estimate of drug-likeness (QED) is 0.910. The van der Waals surface area contributed by atoms with Crippen molar-refractivity contribution in [2.24, 2.45) is 0 Å². The van der Waals surface area contributed by atoms with Crippen molar-refractivity contribution in [3.8, 4) is 17.0 Å². The Kier molecular flexibility index (Phi) is 3.78. The van der Waals surface area contributed by atoms with Gasteiger partial charge in [0.05, 0.1) is 0 Å². The first kappa shape index (κ1) is 12.8. The smallest absolute Gasteiger partial charge is 0.262 e. The molecule has 0 atom stereocenters. The zero-order valence-electron chi connectivity index (χ0n) is 9.61. The monoisotopic (exact) mass is 310 g/mol. The molecule has 5 nitrogen and oxygen atoms in total. The van der Waals surface area contributed by atoms with Gasteiger partial charge in [-0.1, -0.05) is 28.1 Å². The van der Waals surface area contributed by atoms with Crippen molar-refractivity contribution in [3.05, 3.63) is 44.9 Å². The second-order valence-electron chi connectivity index (χ2n) is 3.65. The van der Waals surface area contributed by atoms with Crippen molar-refractivity contribution in [1.82, 2.24) is 9.97 Å². The summed E-state index contributed by atoms with van der Waals surface area (Å²) in [5.41, 5.74) is 0.350. The van der Waals surface area contributed by atoms with Gasteiger partial charge in [-0.3, -0.25) is 4.79 Å². The molecule has 1 aromatic carbocycles. The Morgan fingerprint density at radius 3 is 2.89 bits per heavy atom. The molecule has 2 rings (SSSR count). The lowest BCUT2D eigenvalue weighted by Gasteiger charge is -2.06. The van der Waals surface area contributed by atoms with Gasteiger partial charge < -0.3 is 14.8 Å². The number of hydrogen-bond donors (Lipinski definition) is 2. The van der Waals surface area contributed by atoms with Crippen LogP contribution in [0.4, 0.5) is 0 Å². The second-order valence-corrected chi connectivity index (χ2v) is 4.57. The van der Waals surface area contributed by atoms with E-state index in [0.717, 1.165) is 4.47 Å². The molecule has 1 aromatic heterocycles. The van der Waals surface area contributed by atoms with E-state index in [2.05, 4.69) is 25.9 Å². The van der Waals surface area contributed by atoms with Crippen molar-refractivity contribution in [2.75, 3.05) is 7.11 Å². The van der Waals surface area contributed by atoms with Crippen molar-refractivity contribution < 1.29 is 9.84 Å². The largest absolute Gasteiger partial charge is 0.493 e. The van der Waals surface area contributed by atoms with E-state index in [9.17, 15) is 9.90 Å². The van der Waals surface area contributed by atoms with E-state index in [1.165, 1.54) is 7.11 Å². The normalized spacial score (nSPS) is 10.6. The first-order valence-electron chi connectivity index (χ1n) is 5.19. The number of methoxy groups -OCH3 is 1. The Labute approximate surface area is 112 Å². The van der Waals surface area contributed by atoms with Crippen LogP contribution in [0.2, 0.25) is 0 Å². The number of benzene rings is 1. The molecule has 0 saturated carbocycles.